The van der Waals surface area contributed by atoms with Gasteiger partial charge in [-0.05, 0) is 6.42 Å². The van der Waals surface area contributed by atoms with E-state index in [1.807, 2.05) is 0 Å². The topological polar surface area (TPSA) is 38.7 Å². The number of methoxy groups -OCH3 is 1. The molecule has 0 saturated carbocycles. The summed E-state index contributed by atoms with van der Waals surface area (Å²) in [7, 11) is 1.64. The predicted octanol–water partition coefficient (Wildman–Crippen LogP) is 1.98. The first-order valence-corrected chi connectivity index (χ1v) is 5.56. The third-order valence-corrected chi connectivity index (χ3v) is 2.13. The fraction of sp³-hybridized carbons (Fsp3) is 1.00. The molecule has 0 amide bonds. The van der Waals surface area contributed by atoms with Gasteiger partial charge in [-0.3, -0.25) is 0 Å². The maximum absolute atomic E-state index is 9.48. The van der Waals surface area contributed by atoms with Gasteiger partial charge in [-0.2, -0.15) is 0 Å². The zero-order valence-corrected chi connectivity index (χ0v) is 9.50. The van der Waals surface area contributed by atoms with E-state index in [0.29, 0.717) is 19.8 Å². The average Bonchev–Trinajstić information content (AvgIpc) is 2.19. The zero-order valence-electron chi connectivity index (χ0n) is 9.50. The summed E-state index contributed by atoms with van der Waals surface area (Å²) in [6, 6.07) is 0. The molecule has 0 aliphatic rings. The van der Waals surface area contributed by atoms with Gasteiger partial charge in [0, 0.05) is 7.11 Å². The quantitative estimate of drug-likeness (QED) is 0.553. The van der Waals surface area contributed by atoms with Crippen molar-refractivity contribution in [1.82, 2.24) is 0 Å². The van der Waals surface area contributed by atoms with Gasteiger partial charge in [-0.15, -0.1) is 0 Å². The molecule has 1 unspecified atom stereocenters. The van der Waals surface area contributed by atoms with Crippen LogP contribution in [0.15, 0.2) is 0 Å². The van der Waals surface area contributed by atoms with Crippen LogP contribution in [0.2, 0.25) is 0 Å². The summed E-state index contributed by atoms with van der Waals surface area (Å²) >= 11 is 0. The fourth-order valence-corrected chi connectivity index (χ4v) is 1.25. The molecule has 0 spiro atoms. The third-order valence-electron chi connectivity index (χ3n) is 2.13. The predicted molar refractivity (Wildman–Crippen MR) is 57.5 cm³/mol. The number of aliphatic hydroxyl groups is 1. The van der Waals surface area contributed by atoms with E-state index in [9.17, 15) is 5.11 Å². The number of aliphatic hydroxyl groups excluding tert-OH is 1. The number of ether oxygens (including phenoxy) is 2. The number of hydrogen-bond donors (Lipinski definition) is 1. The third kappa shape index (κ3) is 9.96. The Hall–Kier alpha value is -0.120. The lowest BCUT2D eigenvalue weighted by Gasteiger charge is -2.10. The van der Waals surface area contributed by atoms with Crippen molar-refractivity contribution in [3.05, 3.63) is 0 Å². The zero-order chi connectivity index (χ0) is 10.6. The largest absolute Gasteiger partial charge is 0.391 e. The van der Waals surface area contributed by atoms with Crippen molar-refractivity contribution >= 4 is 0 Å². The lowest BCUT2D eigenvalue weighted by atomic mass is 10.1. The van der Waals surface area contributed by atoms with Gasteiger partial charge in [0.25, 0.3) is 0 Å². The molecule has 3 nitrogen and oxygen atoms in total. The Balaban J connectivity index is 3.07. The summed E-state index contributed by atoms with van der Waals surface area (Å²) in [5.74, 6) is 0. The molecule has 3 heteroatoms. The van der Waals surface area contributed by atoms with E-state index in [1.54, 1.807) is 7.11 Å². The first-order chi connectivity index (χ1) is 6.81. The lowest BCUT2D eigenvalue weighted by Crippen LogP contribution is -2.16. The SMILES string of the molecule is CCCCCCC(O)COCCOC. The Bertz CT molecular complexity index is 94.7. The molecule has 0 heterocycles. The summed E-state index contributed by atoms with van der Waals surface area (Å²) in [5.41, 5.74) is 0. The first-order valence-electron chi connectivity index (χ1n) is 5.56. The van der Waals surface area contributed by atoms with E-state index in [1.165, 1.54) is 19.3 Å². The lowest BCUT2D eigenvalue weighted by molar-refractivity contribution is 0.00955. The second kappa shape index (κ2) is 11.0. The Morgan fingerprint density at radius 3 is 2.57 bits per heavy atom. The van der Waals surface area contributed by atoms with E-state index in [2.05, 4.69) is 6.92 Å². The highest BCUT2D eigenvalue weighted by Gasteiger charge is 2.03. The monoisotopic (exact) mass is 204 g/mol. The minimum Gasteiger partial charge on any atom is -0.391 e. The summed E-state index contributed by atoms with van der Waals surface area (Å²) in [5, 5.41) is 9.48. The van der Waals surface area contributed by atoms with E-state index in [4.69, 9.17) is 9.47 Å². The van der Waals surface area contributed by atoms with Crippen molar-refractivity contribution in [1.29, 1.82) is 0 Å². The molecule has 0 radical (unpaired) electrons. The van der Waals surface area contributed by atoms with Crippen molar-refractivity contribution in [2.45, 2.75) is 45.1 Å². The van der Waals surface area contributed by atoms with Crippen LogP contribution in [0, 0.1) is 0 Å². The number of rotatable bonds is 10. The Labute approximate surface area is 87.4 Å². The van der Waals surface area contributed by atoms with Gasteiger partial charge >= 0.3 is 0 Å². The molecular weight excluding hydrogens is 180 g/mol. The Morgan fingerprint density at radius 2 is 1.93 bits per heavy atom. The van der Waals surface area contributed by atoms with Gasteiger partial charge in [0.1, 0.15) is 0 Å². The van der Waals surface area contributed by atoms with Crippen molar-refractivity contribution in [2.24, 2.45) is 0 Å². The van der Waals surface area contributed by atoms with Crippen molar-refractivity contribution in [3.8, 4) is 0 Å². The highest BCUT2D eigenvalue weighted by atomic mass is 16.5. The van der Waals surface area contributed by atoms with Crippen LogP contribution in [0.1, 0.15) is 39.0 Å². The minimum absolute atomic E-state index is 0.302. The molecule has 0 saturated heterocycles. The standard InChI is InChI=1S/C11H24O3/c1-3-4-5-6-7-11(12)10-14-9-8-13-2/h11-12H,3-10H2,1-2H3. The molecule has 0 fully saturated rings. The van der Waals surface area contributed by atoms with Gasteiger partial charge in [0.2, 0.25) is 0 Å². The number of unbranched alkanes of at least 4 members (excludes halogenated alkanes) is 3. The van der Waals surface area contributed by atoms with Crippen molar-refractivity contribution < 1.29 is 14.6 Å². The molecular formula is C11H24O3. The fourth-order valence-electron chi connectivity index (χ4n) is 1.25. The van der Waals surface area contributed by atoms with Crippen LogP contribution in [-0.2, 0) is 9.47 Å². The second-order valence-corrected chi connectivity index (χ2v) is 3.57. The maximum atomic E-state index is 9.48. The van der Waals surface area contributed by atoms with E-state index in [-0.39, 0.29) is 6.10 Å². The summed E-state index contributed by atoms with van der Waals surface area (Å²) in [6.07, 6.45) is 5.36. The summed E-state index contributed by atoms with van der Waals surface area (Å²) < 4.78 is 10.0. The highest BCUT2D eigenvalue weighted by Crippen LogP contribution is 2.05. The van der Waals surface area contributed by atoms with Crippen LogP contribution in [0.5, 0.6) is 0 Å². The summed E-state index contributed by atoms with van der Waals surface area (Å²) in [6.45, 7) is 3.80. The van der Waals surface area contributed by atoms with Crippen LogP contribution < -0.4 is 0 Å². The molecule has 0 aromatic rings. The summed E-state index contributed by atoms with van der Waals surface area (Å²) in [4.78, 5) is 0. The van der Waals surface area contributed by atoms with Crippen molar-refractivity contribution in [3.63, 3.8) is 0 Å². The molecule has 0 aliphatic carbocycles. The minimum atomic E-state index is -0.302. The Morgan fingerprint density at radius 1 is 1.14 bits per heavy atom. The van der Waals surface area contributed by atoms with E-state index in [0.717, 1.165) is 12.8 Å². The van der Waals surface area contributed by atoms with E-state index >= 15 is 0 Å². The second-order valence-electron chi connectivity index (χ2n) is 3.57. The Kier molecular flexibility index (Phi) is 10.9. The molecule has 1 atom stereocenters. The molecule has 86 valence electrons. The van der Waals surface area contributed by atoms with Gasteiger partial charge in [-0.25, -0.2) is 0 Å². The molecule has 0 aromatic heterocycles. The van der Waals surface area contributed by atoms with E-state index < -0.39 is 0 Å². The van der Waals surface area contributed by atoms with Gasteiger partial charge < -0.3 is 14.6 Å². The number of hydrogen-bond acceptors (Lipinski definition) is 3. The van der Waals surface area contributed by atoms with Crippen LogP contribution in [0.4, 0.5) is 0 Å². The smallest absolute Gasteiger partial charge is 0.0773 e. The van der Waals surface area contributed by atoms with Crippen LogP contribution in [0.3, 0.4) is 0 Å². The molecule has 0 rings (SSSR count). The van der Waals surface area contributed by atoms with Gasteiger partial charge in [0.15, 0.2) is 0 Å². The van der Waals surface area contributed by atoms with Crippen LogP contribution in [0.25, 0.3) is 0 Å². The molecule has 0 aliphatic heterocycles. The highest BCUT2D eigenvalue weighted by molar-refractivity contribution is 4.54. The van der Waals surface area contributed by atoms with Crippen LogP contribution in [-0.4, -0.2) is 38.1 Å². The van der Waals surface area contributed by atoms with Gasteiger partial charge in [0.05, 0.1) is 25.9 Å². The molecule has 0 aromatic carbocycles. The average molecular weight is 204 g/mol. The molecule has 0 bridgehead atoms. The normalized spacial score (nSPS) is 13.1. The first kappa shape index (κ1) is 13.9. The van der Waals surface area contributed by atoms with Gasteiger partial charge in [-0.1, -0.05) is 32.6 Å². The maximum Gasteiger partial charge on any atom is 0.0773 e. The van der Waals surface area contributed by atoms with Crippen LogP contribution >= 0.6 is 0 Å². The molecule has 1 N–H and O–H groups in total. The van der Waals surface area contributed by atoms with Crippen molar-refractivity contribution in [2.75, 3.05) is 26.9 Å². The molecule has 14 heavy (non-hydrogen) atoms.